The van der Waals surface area contributed by atoms with Crippen LogP contribution in [0, 0.1) is 0 Å². The predicted octanol–water partition coefficient (Wildman–Crippen LogP) is 4.41. The molecule has 2 amide bonds. The van der Waals surface area contributed by atoms with Crippen LogP contribution in [0.25, 0.3) is 11.0 Å². The zero-order chi connectivity index (χ0) is 20.9. The number of carbonyl (C=O) groups is 2. The maximum absolute atomic E-state index is 13.1. The lowest BCUT2D eigenvalue weighted by atomic mass is 10.2. The minimum absolute atomic E-state index is 0.137. The molecule has 0 radical (unpaired) electrons. The molecule has 1 N–H and O–H groups in total. The Morgan fingerprint density at radius 1 is 1.07 bits per heavy atom. The normalized spacial score (nSPS) is 13.7. The van der Waals surface area contributed by atoms with Crippen LogP contribution in [0.4, 0.5) is 5.95 Å². The van der Waals surface area contributed by atoms with Crippen LogP contribution in [0.15, 0.2) is 53.4 Å². The van der Waals surface area contributed by atoms with Gasteiger partial charge in [0.25, 0.3) is 5.91 Å². The molecule has 2 aromatic carbocycles. The first-order chi connectivity index (χ1) is 14.7. The van der Waals surface area contributed by atoms with Crippen molar-refractivity contribution in [2.75, 3.05) is 24.2 Å². The Balaban J connectivity index is 1.52. The van der Waals surface area contributed by atoms with E-state index in [1.165, 1.54) is 11.8 Å². The van der Waals surface area contributed by atoms with Crippen molar-refractivity contribution in [2.24, 2.45) is 0 Å². The SMILES string of the molecule is CCCn1c(NC(=O)c2ccccc2SCC(=O)N2CCCC2)nc2ccccc21. The maximum atomic E-state index is 13.1. The molecule has 1 aliphatic heterocycles. The number of rotatable bonds is 7. The molecule has 3 aromatic rings. The van der Waals surface area contributed by atoms with Gasteiger partial charge in [0.05, 0.1) is 22.3 Å². The van der Waals surface area contributed by atoms with Gasteiger partial charge in [0, 0.05) is 24.5 Å². The number of carbonyl (C=O) groups excluding carboxylic acids is 2. The highest BCUT2D eigenvalue weighted by Crippen LogP contribution is 2.26. The number of amides is 2. The van der Waals surface area contributed by atoms with E-state index in [1.807, 2.05) is 51.9 Å². The van der Waals surface area contributed by atoms with E-state index < -0.39 is 0 Å². The smallest absolute Gasteiger partial charge is 0.259 e. The van der Waals surface area contributed by atoms with Crippen LogP contribution >= 0.6 is 11.8 Å². The van der Waals surface area contributed by atoms with E-state index in [0.29, 0.717) is 17.3 Å². The minimum atomic E-state index is -0.209. The molecule has 4 rings (SSSR count). The van der Waals surface area contributed by atoms with E-state index in [0.717, 1.165) is 54.8 Å². The second-order valence-electron chi connectivity index (χ2n) is 7.40. The molecular formula is C23H26N4O2S. The van der Waals surface area contributed by atoms with Crippen LogP contribution in [0.1, 0.15) is 36.5 Å². The van der Waals surface area contributed by atoms with Crippen molar-refractivity contribution in [3.8, 4) is 0 Å². The number of likely N-dealkylation sites (tertiary alicyclic amines) is 1. The summed E-state index contributed by atoms with van der Waals surface area (Å²) in [6.07, 6.45) is 3.09. The molecule has 0 aliphatic carbocycles. The molecule has 0 atom stereocenters. The second kappa shape index (κ2) is 9.34. The fourth-order valence-electron chi connectivity index (χ4n) is 3.77. The number of para-hydroxylation sites is 2. The lowest BCUT2D eigenvalue weighted by Gasteiger charge is -2.15. The van der Waals surface area contributed by atoms with Gasteiger partial charge in [-0.2, -0.15) is 0 Å². The van der Waals surface area contributed by atoms with Gasteiger partial charge in [-0.05, 0) is 43.5 Å². The van der Waals surface area contributed by atoms with Crippen LogP contribution in [0.2, 0.25) is 0 Å². The van der Waals surface area contributed by atoms with Gasteiger partial charge in [0.1, 0.15) is 0 Å². The maximum Gasteiger partial charge on any atom is 0.259 e. The van der Waals surface area contributed by atoms with Crippen molar-refractivity contribution in [2.45, 2.75) is 37.6 Å². The van der Waals surface area contributed by atoms with Gasteiger partial charge >= 0.3 is 0 Å². The molecule has 156 valence electrons. The number of hydrogen-bond donors (Lipinski definition) is 1. The summed E-state index contributed by atoms with van der Waals surface area (Å²) in [4.78, 5) is 32.8. The minimum Gasteiger partial charge on any atom is -0.342 e. The first kappa shape index (κ1) is 20.5. The van der Waals surface area contributed by atoms with Crippen LogP contribution < -0.4 is 5.32 Å². The number of aromatic nitrogens is 2. The summed E-state index contributed by atoms with van der Waals surface area (Å²) in [5, 5.41) is 2.99. The number of hydrogen-bond acceptors (Lipinski definition) is 4. The number of benzene rings is 2. The third-order valence-corrected chi connectivity index (χ3v) is 6.33. The van der Waals surface area contributed by atoms with Crippen molar-refractivity contribution >= 4 is 40.6 Å². The lowest BCUT2D eigenvalue weighted by Crippen LogP contribution is -2.29. The first-order valence-electron chi connectivity index (χ1n) is 10.4. The summed E-state index contributed by atoms with van der Waals surface area (Å²) in [5.41, 5.74) is 2.43. The summed E-state index contributed by atoms with van der Waals surface area (Å²) in [6, 6.07) is 15.3. The number of nitrogens with one attached hydrogen (secondary N) is 1. The molecular weight excluding hydrogens is 396 g/mol. The summed E-state index contributed by atoms with van der Waals surface area (Å²) in [6.45, 7) is 4.56. The van der Waals surface area contributed by atoms with Gasteiger partial charge in [-0.3, -0.25) is 14.9 Å². The van der Waals surface area contributed by atoms with Crippen LogP contribution in [-0.2, 0) is 11.3 Å². The van der Waals surface area contributed by atoms with E-state index in [1.54, 1.807) is 6.07 Å². The number of imidazole rings is 1. The zero-order valence-electron chi connectivity index (χ0n) is 17.1. The molecule has 6 nitrogen and oxygen atoms in total. The highest BCUT2D eigenvalue weighted by atomic mass is 32.2. The predicted molar refractivity (Wildman–Crippen MR) is 121 cm³/mol. The van der Waals surface area contributed by atoms with Crippen LogP contribution in [-0.4, -0.2) is 45.1 Å². The Hall–Kier alpha value is -2.80. The third kappa shape index (κ3) is 4.36. The molecule has 1 aliphatic rings. The van der Waals surface area contributed by atoms with Crippen LogP contribution in [0.5, 0.6) is 0 Å². The van der Waals surface area contributed by atoms with Gasteiger partial charge in [0.15, 0.2) is 0 Å². The van der Waals surface area contributed by atoms with Crippen molar-refractivity contribution in [1.82, 2.24) is 14.5 Å². The molecule has 0 spiro atoms. The molecule has 0 bridgehead atoms. The average molecular weight is 423 g/mol. The lowest BCUT2D eigenvalue weighted by molar-refractivity contribution is -0.127. The van der Waals surface area contributed by atoms with Gasteiger partial charge < -0.3 is 9.47 Å². The second-order valence-corrected chi connectivity index (χ2v) is 8.42. The van der Waals surface area contributed by atoms with Crippen LogP contribution in [0.3, 0.4) is 0 Å². The van der Waals surface area contributed by atoms with Gasteiger partial charge in [-0.25, -0.2) is 4.98 Å². The molecule has 2 heterocycles. The quantitative estimate of drug-likeness (QED) is 0.573. The summed E-state index contributed by atoms with van der Waals surface area (Å²) in [7, 11) is 0. The van der Waals surface area contributed by atoms with Gasteiger partial charge in [-0.1, -0.05) is 31.2 Å². The highest BCUT2D eigenvalue weighted by Gasteiger charge is 2.20. The van der Waals surface area contributed by atoms with Gasteiger partial charge in [0.2, 0.25) is 11.9 Å². The molecule has 1 fully saturated rings. The van der Waals surface area contributed by atoms with Crippen molar-refractivity contribution < 1.29 is 9.59 Å². The summed E-state index contributed by atoms with van der Waals surface area (Å²) >= 11 is 1.42. The Morgan fingerprint density at radius 2 is 1.80 bits per heavy atom. The zero-order valence-corrected chi connectivity index (χ0v) is 18.0. The number of fused-ring (bicyclic) bond motifs is 1. The molecule has 7 heteroatoms. The summed E-state index contributed by atoms with van der Waals surface area (Å²) < 4.78 is 2.04. The van der Waals surface area contributed by atoms with E-state index in [-0.39, 0.29) is 11.8 Å². The standard InChI is InChI=1S/C23H26N4O2S/c1-2-13-27-19-11-5-4-10-18(19)24-23(27)25-22(29)17-9-3-6-12-20(17)30-16-21(28)26-14-7-8-15-26/h3-6,9-12H,2,7-8,13-16H2,1H3,(H,24,25,29). The molecule has 1 aromatic heterocycles. The Labute approximate surface area is 180 Å². The van der Waals surface area contributed by atoms with E-state index in [9.17, 15) is 9.59 Å². The molecule has 30 heavy (non-hydrogen) atoms. The van der Waals surface area contributed by atoms with Crippen molar-refractivity contribution in [1.29, 1.82) is 0 Å². The Bertz CT molecular complexity index is 1060. The number of nitrogens with zero attached hydrogens (tertiary/aromatic N) is 3. The van der Waals surface area contributed by atoms with E-state index in [2.05, 4.69) is 17.2 Å². The Kier molecular flexibility index (Phi) is 6.38. The van der Waals surface area contributed by atoms with Crippen molar-refractivity contribution in [3.63, 3.8) is 0 Å². The van der Waals surface area contributed by atoms with Crippen molar-refractivity contribution in [3.05, 3.63) is 54.1 Å². The third-order valence-electron chi connectivity index (χ3n) is 5.27. The fourth-order valence-corrected chi connectivity index (χ4v) is 4.72. The largest absolute Gasteiger partial charge is 0.342 e. The molecule has 0 unspecified atom stereocenters. The monoisotopic (exact) mass is 422 g/mol. The summed E-state index contributed by atoms with van der Waals surface area (Å²) in [5.74, 6) is 0.825. The fraction of sp³-hybridized carbons (Fsp3) is 0.348. The number of aryl methyl sites for hydroxylation is 1. The topological polar surface area (TPSA) is 67.2 Å². The average Bonchev–Trinajstić information content (AvgIpc) is 3.41. The highest BCUT2D eigenvalue weighted by molar-refractivity contribution is 8.00. The Morgan fingerprint density at radius 3 is 2.60 bits per heavy atom. The number of anilines is 1. The molecule has 0 saturated carbocycles. The van der Waals surface area contributed by atoms with Gasteiger partial charge in [-0.15, -0.1) is 11.8 Å². The molecule has 1 saturated heterocycles. The van der Waals surface area contributed by atoms with E-state index in [4.69, 9.17) is 0 Å². The first-order valence-corrected chi connectivity index (χ1v) is 11.4. The van der Waals surface area contributed by atoms with E-state index >= 15 is 0 Å². The number of thioether (sulfide) groups is 1.